The Balaban J connectivity index is 0.000000170. The third kappa shape index (κ3) is 27.9. The topological polar surface area (TPSA) is 443 Å². The largest absolute Gasteiger partial charge is 0.480 e. The first-order chi connectivity index (χ1) is 63.3. The summed E-state index contributed by atoms with van der Waals surface area (Å²) < 4.78 is 44.4. The molecule has 4 aromatic carbocycles. The molecule has 10 aromatic heterocycles. The van der Waals surface area contributed by atoms with Crippen molar-refractivity contribution < 1.29 is 96.1 Å². The molecule has 2 amide bonds. The lowest BCUT2D eigenvalue weighted by Gasteiger charge is -2.19. The molecule has 0 saturated carbocycles. The number of fused-ring (bicyclic) bond motifs is 8. The number of H-pyrrole nitrogens is 1. The van der Waals surface area contributed by atoms with Crippen molar-refractivity contribution in [3.8, 4) is 11.1 Å². The van der Waals surface area contributed by atoms with Crippen LogP contribution in [0, 0.1) is 0 Å². The van der Waals surface area contributed by atoms with Gasteiger partial charge < -0.3 is 77.7 Å². The van der Waals surface area contributed by atoms with E-state index < -0.39 is 76.5 Å². The number of hydrogen-bond donors (Lipinski definition) is 6. The van der Waals surface area contributed by atoms with Crippen LogP contribution in [-0.4, -0.2) is 166 Å². The number of aromatic nitrogens is 10. The van der Waals surface area contributed by atoms with E-state index in [0.717, 1.165) is 73.3 Å². The van der Waals surface area contributed by atoms with E-state index >= 15 is 0 Å². The molecule has 15 rings (SSSR count). The van der Waals surface area contributed by atoms with Crippen LogP contribution >= 0.6 is 0 Å². The zero-order valence-electron chi connectivity index (χ0n) is 75.6. The Hall–Kier alpha value is -15.8. The van der Waals surface area contributed by atoms with Gasteiger partial charge in [-0.1, -0.05) is 109 Å². The lowest BCUT2D eigenvalue weighted by Crippen LogP contribution is -2.42. The number of carboxylic acids is 2. The lowest BCUT2D eigenvalue weighted by atomic mass is 9.98. The molecule has 14 aromatic rings. The highest BCUT2D eigenvalue weighted by molar-refractivity contribution is 6.01. The van der Waals surface area contributed by atoms with Crippen LogP contribution in [0.2, 0.25) is 0 Å². The Morgan fingerprint density at radius 2 is 0.812 bits per heavy atom. The molecule has 7 N–H and O–H groups in total. The van der Waals surface area contributed by atoms with Gasteiger partial charge in [0.1, 0.15) is 114 Å². The maximum absolute atomic E-state index is 13.2. The summed E-state index contributed by atoms with van der Waals surface area (Å²) in [5, 5.41) is 27.7. The number of nitrogens with one attached hydrogen (secondary N) is 3. The number of aliphatic carboxylic acids is 2. The van der Waals surface area contributed by atoms with Crippen molar-refractivity contribution in [3.05, 3.63) is 288 Å². The number of carboxylic acid groups (broad SMARTS) is 2. The van der Waals surface area contributed by atoms with Crippen LogP contribution in [0.1, 0.15) is 149 Å². The van der Waals surface area contributed by atoms with E-state index in [0.29, 0.717) is 55.6 Å². The predicted molar refractivity (Wildman–Crippen MR) is 496 cm³/mol. The van der Waals surface area contributed by atoms with Crippen molar-refractivity contribution in [1.82, 2.24) is 58.8 Å². The van der Waals surface area contributed by atoms with Gasteiger partial charge in [-0.15, -0.1) is 0 Å². The first-order valence-electron chi connectivity index (χ1n) is 42.4. The van der Waals surface area contributed by atoms with Gasteiger partial charge in [-0.2, -0.15) is 0 Å². The van der Waals surface area contributed by atoms with Gasteiger partial charge in [0.2, 0.25) is 0 Å². The standard InChI is InChI=1S/2C31H31N3O6.C16H21N3O4.C14H16N2O3.C8H6N2O/c1-31(2,3)40-27(35)17-34-16-19(20-13-8-14-32-28(20)34)15-26(29(36)37)33-30(38)39-18-25-23-11-6-4-9-21(23)22-10-5-7-12-24(22)25;1-31(2,3)40-27(35)19-34-18-24(25-15-10-16-32-28(25)34)17-26(29(36)38-20-22-11-6-4-7-12-22)33-30(37)39-21-23-13-8-5-9-14-23;1-16(2,3)23-13(20)9-19-8-10(7-12(17)15(21)22)11-5-4-6-18-14(11)19;1-14(2,3)19-12(18)8-16-7-10(9-17)11-5-4-6-15-13(11)16;11-5-6-4-10-8-7(6)2-1-3-9-8/h4-14,16,25-26H,15,17-18H2,1-3H3,(H,33,38)(H,36,37);4-18H,19-21H2,1-3H3,(H,33,37);4-6,8,12H,7,9,17H2,1-3H3,(H,21,22);4-7,9H,8H2,1-3H3;1-5H,(H,9,10)/b;26-17+;;;/t;;12-;;/m..0../s1. The maximum atomic E-state index is 13.2. The van der Waals surface area contributed by atoms with Crippen LogP contribution in [0.3, 0.4) is 0 Å². The zero-order chi connectivity index (χ0) is 95.9. The van der Waals surface area contributed by atoms with Gasteiger partial charge in [-0.05, 0) is 194 Å². The van der Waals surface area contributed by atoms with Gasteiger partial charge in [-0.25, -0.2) is 44.1 Å². The number of aromatic amines is 1. The third-order valence-corrected chi connectivity index (χ3v) is 19.7. The summed E-state index contributed by atoms with van der Waals surface area (Å²) in [4.78, 5) is 156. The fourth-order valence-corrected chi connectivity index (χ4v) is 14.3. The second-order valence-corrected chi connectivity index (χ2v) is 34.7. The van der Waals surface area contributed by atoms with Gasteiger partial charge in [0, 0.05) is 124 Å². The van der Waals surface area contributed by atoms with E-state index in [1.54, 1.807) is 185 Å². The minimum atomic E-state index is -1.25. The van der Waals surface area contributed by atoms with Gasteiger partial charge >= 0.3 is 54.0 Å². The molecule has 10 heterocycles. The van der Waals surface area contributed by atoms with Crippen molar-refractivity contribution in [1.29, 1.82) is 0 Å². The fourth-order valence-electron chi connectivity index (χ4n) is 14.3. The molecule has 1 aliphatic rings. The van der Waals surface area contributed by atoms with Gasteiger partial charge in [0.15, 0.2) is 12.6 Å². The highest BCUT2D eigenvalue weighted by Gasteiger charge is 2.32. The van der Waals surface area contributed by atoms with Crippen LogP contribution in [0.15, 0.2) is 238 Å². The first-order valence-corrected chi connectivity index (χ1v) is 42.4. The summed E-state index contributed by atoms with van der Waals surface area (Å²) in [7, 11) is 0. The number of nitrogens with two attached hydrogens (primary N) is 1. The summed E-state index contributed by atoms with van der Waals surface area (Å²) in [5.41, 5.74) is 15.1. The second kappa shape index (κ2) is 44.0. The minimum absolute atomic E-state index is 0.00704. The lowest BCUT2D eigenvalue weighted by molar-refractivity contribution is -0.156. The number of carbonyl (C=O) groups is 11. The van der Waals surface area contributed by atoms with Crippen molar-refractivity contribution >= 4 is 128 Å². The number of ether oxygens (including phenoxy) is 7. The summed E-state index contributed by atoms with van der Waals surface area (Å²) in [6, 6.07) is 50.0. The monoisotopic (exact) mass is 1810 g/mol. The van der Waals surface area contributed by atoms with E-state index in [2.05, 4.69) is 40.5 Å². The van der Waals surface area contributed by atoms with Crippen molar-refractivity contribution in [2.24, 2.45) is 5.73 Å². The number of hydrogen-bond acceptors (Lipinski definition) is 24. The van der Waals surface area contributed by atoms with E-state index in [4.69, 9.17) is 44.0 Å². The quantitative estimate of drug-likeness (QED) is 0.0127. The van der Waals surface area contributed by atoms with Gasteiger partial charge in [0.05, 0.1) is 0 Å². The number of benzene rings is 4. The number of carbonyl (C=O) groups excluding carboxylic acids is 9. The fraction of sp³-hybridized carbons (Fsp3) is 0.280. The molecule has 1 aliphatic carbocycles. The Morgan fingerprint density at radius 1 is 0.429 bits per heavy atom. The normalized spacial score (nSPS) is 12.3. The first kappa shape index (κ1) is 97.8. The number of amides is 2. The van der Waals surface area contributed by atoms with Gasteiger partial charge in [0.25, 0.3) is 0 Å². The smallest absolute Gasteiger partial charge is 0.412 e. The average Bonchev–Trinajstić information content (AvgIpc) is 1.60. The molecule has 690 valence electrons. The zero-order valence-corrected chi connectivity index (χ0v) is 75.6. The molecule has 1 unspecified atom stereocenters. The van der Waals surface area contributed by atoms with Crippen LogP contribution in [0.4, 0.5) is 9.59 Å². The van der Waals surface area contributed by atoms with Crippen molar-refractivity contribution in [3.63, 3.8) is 0 Å². The molecule has 33 heteroatoms. The summed E-state index contributed by atoms with van der Waals surface area (Å²) >= 11 is 0. The van der Waals surface area contributed by atoms with E-state index in [-0.39, 0.29) is 82.4 Å². The molecule has 2 atom stereocenters. The second-order valence-electron chi connectivity index (χ2n) is 34.7. The summed E-state index contributed by atoms with van der Waals surface area (Å²) in [6.45, 7) is 21.6. The third-order valence-electron chi connectivity index (χ3n) is 19.7. The molecule has 0 fully saturated rings. The highest BCUT2D eigenvalue weighted by atomic mass is 16.6. The SMILES string of the molecule is CC(C)(C)OC(=O)Cn1cc(/C=C(/NC(=O)OCc2ccccc2)C(=O)OCc2ccccc2)c2cccnc21.CC(C)(C)OC(=O)Cn1cc(C=O)c2cccnc21.CC(C)(C)OC(=O)Cn1cc(CC(NC(=O)OCC2c3ccccc3-c3ccccc32)C(=O)O)c2cccnc21.CC(C)(C)OC(=O)Cn1cc(C[C@H](N)C(=O)O)c2cccnc21.O=Cc1c[nH]c2ncccc12. The summed E-state index contributed by atoms with van der Waals surface area (Å²) in [6.07, 6.45) is 18.0. The molecular weight excluding hydrogens is 1700 g/mol. The molecular formula is C100H105N13O20. The number of nitrogens with zero attached hydrogens (tertiary/aromatic N) is 9. The van der Waals surface area contributed by atoms with Crippen LogP contribution in [0.25, 0.3) is 72.4 Å². The Bertz CT molecular complexity index is 6510. The molecule has 133 heavy (non-hydrogen) atoms. The molecule has 33 nitrogen and oxygen atoms in total. The number of esters is 5. The van der Waals surface area contributed by atoms with Crippen LogP contribution < -0.4 is 16.4 Å². The van der Waals surface area contributed by atoms with Crippen molar-refractivity contribution in [2.45, 2.75) is 176 Å². The van der Waals surface area contributed by atoms with E-state index in [1.807, 2.05) is 148 Å². The van der Waals surface area contributed by atoms with Crippen molar-refractivity contribution in [2.75, 3.05) is 6.61 Å². The highest BCUT2D eigenvalue weighted by Crippen LogP contribution is 2.45. The molecule has 0 spiro atoms. The Morgan fingerprint density at radius 3 is 1.25 bits per heavy atom. The molecule has 0 radical (unpaired) electrons. The summed E-state index contributed by atoms with van der Waals surface area (Å²) in [5.74, 6) is -4.77. The number of pyridine rings is 5. The minimum Gasteiger partial charge on any atom is -0.480 e. The Kier molecular flexibility index (Phi) is 32.4. The molecule has 0 saturated heterocycles. The van der Waals surface area contributed by atoms with Crippen LogP contribution in [-0.2, 0) is 119 Å². The van der Waals surface area contributed by atoms with E-state index in [1.165, 1.54) is 6.08 Å². The van der Waals surface area contributed by atoms with E-state index in [9.17, 15) is 57.8 Å². The maximum Gasteiger partial charge on any atom is 0.412 e. The van der Waals surface area contributed by atoms with Gasteiger partial charge in [-0.3, -0.25) is 38.9 Å². The average molecular weight is 1810 g/mol. The molecule has 0 bridgehead atoms. The molecule has 0 aliphatic heterocycles. The van der Waals surface area contributed by atoms with Crippen LogP contribution in [0.5, 0.6) is 0 Å². The number of rotatable bonds is 26. The Labute approximate surface area is 765 Å². The number of aldehydes is 2. The number of alkyl carbamates (subject to hydrolysis) is 2. The predicted octanol–water partition coefficient (Wildman–Crippen LogP) is 15.2.